The van der Waals surface area contributed by atoms with Gasteiger partial charge in [0.2, 0.25) is 10.0 Å². The number of pyridine rings is 1. The van der Waals surface area contributed by atoms with Gasteiger partial charge in [0, 0.05) is 31.3 Å². The van der Waals surface area contributed by atoms with E-state index < -0.39 is 21.7 Å². The van der Waals surface area contributed by atoms with Crippen molar-refractivity contribution >= 4 is 21.7 Å². The van der Waals surface area contributed by atoms with E-state index >= 15 is 0 Å². The summed E-state index contributed by atoms with van der Waals surface area (Å²) in [5.74, 6) is -0.646. The molecule has 0 radical (unpaired) electrons. The third-order valence-corrected chi connectivity index (χ3v) is 7.22. The molecule has 0 aliphatic carbocycles. The number of nitrogens with zero attached hydrogens (tertiary/aromatic N) is 4. The third-order valence-electron chi connectivity index (χ3n) is 5.36. The van der Waals surface area contributed by atoms with Crippen molar-refractivity contribution < 1.29 is 17.2 Å². The number of hydrogen-bond donors (Lipinski definition) is 1. The molecule has 10 heteroatoms. The highest BCUT2D eigenvalue weighted by Crippen LogP contribution is 2.31. The summed E-state index contributed by atoms with van der Waals surface area (Å²) in [5.41, 5.74) is 1.77. The lowest BCUT2D eigenvalue weighted by Gasteiger charge is -2.31. The Morgan fingerprint density at radius 1 is 1.03 bits per heavy atom. The van der Waals surface area contributed by atoms with Crippen LogP contribution in [-0.2, 0) is 10.0 Å². The number of anilines is 2. The summed E-state index contributed by atoms with van der Waals surface area (Å²) >= 11 is 0. The Kier molecular flexibility index (Phi) is 6.16. The molecule has 1 atom stereocenters. The zero-order valence-electron chi connectivity index (χ0n) is 17.7. The molecule has 1 aromatic carbocycles. The maximum atomic E-state index is 13.6. The first kappa shape index (κ1) is 22.2. The summed E-state index contributed by atoms with van der Waals surface area (Å²) in [6.07, 6.45) is 3.08. The molecule has 3 aromatic rings. The van der Waals surface area contributed by atoms with Crippen molar-refractivity contribution in [2.45, 2.75) is 37.5 Å². The van der Waals surface area contributed by atoms with E-state index in [1.54, 1.807) is 19.2 Å². The molecule has 1 fully saturated rings. The van der Waals surface area contributed by atoms with Gasteiger partial charge in [-0.05, 0) is 62.6 Å². The van der Waals surface area contributed by atoms with Crippen LogP contribution in [0.2, 0.25) is 0 Å². The molecule has 0 amide bonds. The van der Waals surface area contributed by atoms with Crippen LogP contribution in [0.4, 0.5) is 20.4 Å². The van der Waals surface area contributed by atoms with Crippen molar-refractivity contribution in [3.05, 3.63) is 71.3 Å². The van der Waals surface area contributed by atoms with E-state index in [4.69, 9.17) is 0 Å². The minimum atomic E-state index is -3.96. The number of rotatable bonds is 5. The average Bonchev–Trinajstić information content (AvgIpc) is 2.75. The van der Waals surface area contributed by atoms with E-state index in [2.05, 4.69) is 20.3 Å². The van der Waals surface area contributed by atoms with Crippen LogP contribution < -0.4 is 5.32 Å². The maximum absolute atomic E-state index is 13.6. The Morgan fingerprint density at radius 2 is 1.84 bits per heavy atom. The molecule has 1 N–H and O–H groups in total. The standard InChI is InChI=1S/C22H23F2N5O2S/c1-14-7-8-25-21(10-14)28-22-12-20(26-15(2)27-22)16-4-3-9-29(13-16)32(30,31)17-5-6-18(23)19(24)11-17/h5-8,10-12,16H,3-4,9,13H2,1-2H3,(H,25,26,27,28). The molecule has 1 saturated heterocycles. The first-order chi connectivity index (χ1) is 15.2. The first-order valence-corrected chi connectivity index (χ1v) is 11.7. The Bertz CT molecular complexity index is 1250. The molecule has 1 aliphatic rings. The van der Waals surface area contributed by atoms with E-state index in [0.717, 1.165) is 35.9 Å². The van der Waals surface area contributed by atoms with Gasteiger partial charge in [-0.2, -0.15) is 4.31 Å². The Morgan fingerprint density at radius 3 is 2.59 bits per heavy atom. The lowest BCUT2D eigenvalue weighted by atomic mass is 9.96. The average molecular weight is 460 g/mol. The summed E-state index contributed by atoms with van der Waals surface area (Å²) in [5, 5.41) is 3.17. The predicted molar refractivity (Wildman–Crippen MR) is 116 cm³/mol. The molecular formula is C22H23F2N5O2S. The second kappa shape index (κ2) is 8.87. The number of aromatic nitrogens is 3. The van der Waals surface area contributed by atoms with E-state index in [1.807, 2.05) is 19.1 Å². The van der Waals surface area contributed by atoms with Gasteiger partial charge in [-0.15, -0.1) is 0 Å². The van der Waals surface area contributed by atoms with Crippen molar-refractivity contribution in [2.24, 2.45) is 0 Å². The van der Waals surface area contributed by atoms with Crippen molar-refractivity contribution in [2.75, 3.05) is 18.4 Å². The van der Waals surface area contributed by atoms with Crippen LogP contribution in [0.3, 0.4) is 0 Å². The highest BCUT2D eigenvalue weighted by Gasteiger charge is 2.32. The largest absolute Gasteiger partial charge is 0.325 e. The van der Waals surface area contributed by atoms with Crippen LogP contribution in [0, 0.1) is 25.5 Å². The van der Waals surface area contributed by atoms with Crippen LogP contribution >= 0.6 is 0 Å². The molecule has 1 aliphatic heterocycles. The minimum Gasteiger partial charge on any atom is -0.325 e. The third kappa shape index (κ3) is 4.76. The second-order valence-corrected chi connectivity index (χ2v) is 9.78. The Labute approximate surface area is 185 Å². The number of halogens is 2. The van der Waals surface area contributed by atoms with E-state index in [1.165, 1.54) is 4.31 Å². The number of nitrogens with one attached hydrogen (secondary N) is 1. The molecule has 7 nitrogen and oxygen atoms in total. The van der Waals surface area contributed by atoms with Gasteiger partial charge in [-0.1, -0.05) is 0 Å². The van der Waals surface area contributed by atoms with Crippen LogP contribution in [0.15, 0.2) is 47.5 Å². The van der Waals surface area contributed by atoms with Crippen LogP contribution in [0.5, 0.6) is 0 Å². The van der Waals surface area contributed by atoms with Gasteiger partial charge < -0.3 is 5.32 Å². The number of benzene rings is 1. The second-order valence-electron chi connectivity index (χ2n) is 7.85. The molecule has 0 bridgehead atoms. The minimum absolute atomic E-state index is 0.156. The zero-order valence-corrected chi connectivity index (χ0v) is 18.5. The lowest BCUT2D eigenvalue weighted by Crippen LogP contribution is -2.39. The van der Waals surface area contributed by atoms with E-state index in [0.29, 0.717) is 30.4 Å². The maximum Gasteiger partial charge on any atom is 0.243 e. The summed E-state index contributed by atoms with van der Waals surface area (Å²) in [6.45, 7) is 4.24. The SMILES string of the molecule is Cc1ccnc(Nc2cc(C3CCCN(S(=O)(=O)c4ccc(F)c(F)c4)C3)nc(C)n2)c1. The monoisotopic (exact) mass is 459 g/mol. The summed E-state index contributed by atoms with van der Waals surface area (Å²) in [6, 6.07) is 8.23. The summed E-state index contributed by atoms with van der Waals surface area (Å²) < 4.78 is 54.2. The van der Waals surface area contributed by atoms with E-state index in [9.17, 15) is 17.2 Å². The molecule has 0 saturated carbocycles. The molecule has 32 heavy (non-hydrogen) atoms. The molecular weight excluding hydrogens is 436 g/mol. The Hall–Kier alpha value is -2.98. The highest BCUT2D eigenvalue weighted by atomic mass is 32.2. The van der Waals surface area contributed by atoms with Crippen LogP contribution in [-0.4, -0.2) is 40.8 Å². The number of piperidine rings is 1. The highest BCUT2D eigenvalue weighted by molar-refractivity contribution is 7.89. The predicted octanol–water partition coefficient (Wildman–Crippen LogP) is 4.08. The number of aryl methyl sites for hydroxylation is 2. The van der Waals surface area contributed by atoms with Gasteiger partial charge in [-0.25, -0.2) is 32.2 Å². The van der Waals surface area contributed by atoms with Gasteiger partial charge in [0.1, 0.15) is 17.5 Å². The normalized spacial score (nSPS) is 17.3. The van der Waals surface area contributed by atoms with Gasteiger partial charge in [0.25, 0.3) is 0 Å². The first-order valence-electron chi connectivity index (χ1n) is 10.2. The smallest absolute Gasteiger partial charge is 0.243 e. The molecule has 2 aromatic heterocycles. The fourth-order valence-corrected chi connectivity index (χ4v) is 5.32. The van der Waals surface area contributed by atoms with Crippen molar-refractivity contribution in [3.8, 4) is 0 Å². The van der Waals surface area contributed by atoms with Crippen LogP contribution in [0.25, 0.3) is 0 Å². The topological polar surface area (TPSA) is 88.1 Å². The fraction of sp³-hybridized carbons (Fsp3) is 0.318. The summed E-state index contributed by atoms with van der Waals surface area (Å²) in [7, 11) is -3.96. The quantitative estimate of drug-likeness (QED) is 0.619. The molecule has 0 spiro atoms. The van der Waals surface area contributed by atoms with Gasteiger partial charge >= 0.3 is 0 Å². The number of hydrogen-bond acceptors (Lipinski definition) is 6. The van der Waals surface area contributed by atoms with Crippen LogP contribution in [0.1, 0.15) is 35.8 Å². The van der Waals surface area contributed by atoms with E-state index in [-0.39, 0.29) is 17.4 Å². The van der Waals surface area contributed by atoms with Gasteiger partial charge in [0.15, 0.2) is 11.6 Å². The molecule has 168 valence electrons. The Balaban J connectivity index is 1.57. The molecule has 3 heterocycles. The van der Waals surface area contributed by atoms with Crippen molar-refractivity contribution in [1.29, 1.82) is 0 Å². The van der Waals surface area contributed by atoms with Crippen molar-refractivity contribution in [1.82, 2.24) is 19.3 Å². The molecule has 4 rings (SSSR count). The summed E-state index contributed by atoms with van der Waals surface area (Å²) in [4.78, 5) is 13.0. The van der Waals surface area contributed by atoms with Gasteiger partial charge in [0.05, 0.1) is 10.6 Å². The lowest BCUT2D eigenvalue weighted by molar-refractivity contribution is 0.312. The number of sulfonamides is 1. The fourth-order valence-electron chi connectivity index (χ4n) is 3.79. The van der Waals surface area contributed by atoms with Gasteiger partial charge in [-0.3, -0.25) is 0 Å². The van der Waals surface area contributed by atoms with Crippen molar-refractivity contribution in [3.63, 3.8) is 0 Å². The molecule has 1 unspecified atom stereocenters. The zero-order chi connectivity index (χ0) is 22.9.